The minimum atomic E-state index is -0.377. The number of carbonyl (C=O) groups is 3. The predicted octanol–water partition coefficient (Wildman–Crippen LogP) is 3.67. The molecular weight excluding hydrogens is 442 g/mol. The van der Waals surface area contributed by atoms with Gasteiger partial charge >= 0.3 is 5.97 Å². The summed E-state index contributed by atoms with van der Waals surface area (Å²) in [6.07, 6.45) is 6.30. The molecule has 1 unspecified atom stereocenters. The Bertz CT molecular complexity index is 1590. The summed E-state index contributed by atoms with van der Waals surface area (Å²) in [6.45, 7) is 1.77. The Labute approximate surface area is 202 Å². The highest BCUT2D eigenvalue weighted by molar-refractivity contribution is 6.50. The molecule has 4 aromatic rings. The molecule has 6 rings (SSSR count). The number of esters is 1. The number of benzene rings is 1. The minimum absolute atomic E-state index is 0.157. The summed E-state index contributed by atoms with van der Waals surface area (Å²) in [5.41, 5.74) is 6.48. The van der Waals surface area contributed by atoms with E-state index in [4.69, 9.17) is 4.74 Å². The van der Waals surface area contributed by atoms with Crippen molar-refractivity contribution in [1.29, 1.82) is 0 Å². The van der Waals surface area contributed by atoms with Crippen molar-refractivity contribution >= 4 is 45.3 Å². The SMILES string of the molecule is CC(=O)OCC1CCc2c(c(C3=C(c4cn(C)c5ccccc45)C(=O)NC3=O)c3ccccn23)C1. The number of rotatable bonds is 4. The molecule has 0 bridgehead atoms. The predicted molar refractivity (Wildman–Crippen MR) is 132 cm³/mol. The fourth-order valence-corrected chi connectivity index (χ4v) is 5.70. The van der Waals surface area contributed by atoms with Crippen LogP contribution >= 0.6 is 0 Å². The molecule has 1 aromatic carbocycles. The van der Waals surface area contributed by atoms with Gasteiger partial charge in [-0.1, -0.05) is 24.3 Å². The van der Waals surface area contributed by atoms with Crippen LogP contribution in [0.15, 0.2) is 54.9 Å². The number of hydrogen-bond donors (Lipinski definition) is 1. The molecule has 3 aromatic heterocycles. The molecule has 35 heavy (non-hydrogen) atoms. The molecule has 0 radical (unpaired) electrons. The Morgan fingerprint density at radius 1 is 1.06 bits per heavy atom. The monoisotopic (exact) mass is 467 g/mol. The molecule has 0 saturated heterocycles. The molecule has 4 heterocycles. The molecule has 1 aliphatic heterocycles. The molecule has 1 N–H and O–H groups in total. The van der Waals surface area contributed by atoms with Crippen molar-refractivity contribution in [3.8, 4) is 0 Å². The van der Waals surface area contributed by atoms with Crippen LogP contribution in [0.1, 0.15) is 35.7 Å². The third kappa shape index (κ3) is 3.30. The van der Waals surface area contributed by atoms with E-state index in [1.165, 1.54) is 6.92 Å². The number of para-hydroxylation sites is 1. The minimum Gasteiger partial charge on any atom is -0.466 e. The number of imide groups is 1. The van der Waals surface area contributed by atoms with Crippen molar-refractivity contribution in [3.05, 3.63) is 77.2 Å². The Kier molecular flexibility index (Phi) is 4.88. The molecule has 176 valence electrons. The van der Waals surface area contributed by atoms with Crippen LogP contribution in [0.2, 0.25) is 0 Å². The first-order valence-corrected chi connectivity index (χ1v) is 11.8. The molecule has 0 saturated carbocycles. The second kappa shape index (κ2) is 7.98. The van der Waals surface area contributed by atoms with Crippen LogP contribution in [0.3, 0.4) is 0 Å². The van der Waals surface area contributed by atoms with Crippen molar-refractivity contribution in [2.45, 2.75) is 26.2 Å². The van der Waals surface area contributed by atoms with Crippen molar-refractivity contribution < 1.29 is 19.1 Å². The van der Waals surface area contributed by atoms with E-state index in [-0.39, 0.29) is 23.7 Å². The Balaban J connectivity index is 1.61. The highest BCUT2D eigenvalue weighted by atomic mass is 16.5. The number of fused-ring (bicyclic) bond motifs is 4. The highest BCUT2D eigenvalue weighted by Crippen LogP contribution is 2.42. The Morgan fingerprint density at radius 3 is 2.63 bits per heavy atom. The lowest BCUT2D eigenvalue weighted by atomic mass is 9.83. The summed E-state index contributed by atoms with van der Waals surface area (Å²) in [5, 5.41) is 3.49. The third-order valence-electron chi connectivity index (χ3n) is 7.21. The van der Waals surface area contributed by atoms with E-state index < -0.39 is 0 Å². The van der Waals surface area contributed by atoms with Gasteiger partial charge < -0.3 is 13.7 Å². The fourth-order valence-electron chi connectivity index (χ4n) is 5.70. The zero-order valence-electron chi connectivity index (χ0n) is 19.6. The largest absolute Gasteiger partial charge is 0.466 e. The molecule has 1 aliphatic carbocycles. The average molecular weight is 468 g/mol. The quantitative estimate of drug-likeness (QED) is 0.367. The molecular formula is C28H25N3O4. The van der Waals surface area contributed by atoms with E-state index in [1.807, 2.05) is 66.5 Å². The molecule has 7 nitrogen and oxygen atoms in total. The number of amides is 2. The number of ether oxygens (including phenoxy) is 1. The number of nitrogens with zero attached hydrogens (tertiary/aromatic N) is 2. The second-order valence-electron chi connectivity index (χ2n) is 9.37. The smallest absolute Gasteiger partial charge is 0.302 e. The van der Waals surface area contributed by atoms with Crippen molar-refractivity contribution in [1.82, 2.24) is 14.3 Å². The zero-order chi connectivity index (χ0) is 24.3. The standard InChI is InChI=1S/C28H25N3O4/c1-16(32)35-15-17-10-11-22-19(13-17)24(23-9-5-6-12-31(22)23)26-25(27(33)29-28(26)34)20-14-30(2)21-8-4-3-7-18(20)21/h3-9,12,14,17H,10-11,13,15H2,1-2H3,(H,29,33,34). The first kappa shape index (κ1) is 21.4. The molecule has 2 amide bonds. The summed E-state index contributed by atoms with van der Waals surface area (Å²) in [5.74, 6) is -0.888. The van der Waals surface area contributed by atoms with Crippen LogP contribution in [-0.4, -0.2) is 33.4 Å². The second-order valence-corrected chi connectivity index (χ2v) is 9.37. The van der Waals surface area contributed by atoms with E-state index in [9.17, 15) is 14.4 Å². The Hall–Kier alpha value is -4.13. The van der Waals surface area contributed by atoms with Gasteiger partial charge in [0.1, 0.15) is 0 Å². The summed E-state index contributed by atoms with van der Waals surface area (Å²) in [4.78, 5) is 38.0. The van der Waals surface area contributed by atoms with Gasteiger partial charge in [0.05, 0.1) is 23.3 Å². The lowest BCUT2D eigenvalue weighted by Crippen LogP contribution is -2.23. The number of nitrogens with one attached hydrogen (secondary N) is 1. The lowest BCUT2D eigenvalue weighted by Gasteiger charge is -2.23. The normalized spacial score (nSPS) is 17.8. The molecule has 2 aliphatic rings. The van der Waals surface area contributed by atoms with Crippen LogP contribution in [0, 0.1) is 5.92 Å². The maximum absolute atomic E-state index is 13.4. The maximum atomic E-state index is 13.4. The van der Waals surface area contributed by atoms with E-state index in [0.29, 0.717) is 24.2 Å². The van der Waals surface area contributed by atoms with Crippen molar-refractivity contribution in [2.75, 3.05) is 6.61 Å². The average Bonchev–Trinajstić information content (AvgIpc) is 3.45. The number of aromatic nitrogens is 2. The highest BCUT2D eigenvalue weighted by Gasteiger charge is 2.38. The maximum Gasteiger partial charge on any atom is 0.302 e. The van der Waals surface area contributed by atoms with E-state index in [2.05, 4.69) is 9.72 Å². The molecule has 0 spiro atoms. The Morgan fingerprint density at radius 2 is 1.80 bits per heavy atom. The van der Waals surface area contributed by atoms with Crippen LogP contribution < -0.4 is 5.32 Å². The van der Waals surface area contributed by atoms with Gasteiger partial charge in [-0.05, 0) is 48.9 Å². The van der Waals surface area contributed by atoms with Gasteiger partial charge in [0.25, 0.3) is 11.8 Å². The van der Waals surface area contributed by atoms with Crippen molar-refractivity contribution in [3.63, 3.8) is 0 Å². The fraction of sp³-hybridized carbons (Fsp3) is 0.250. The summed E-state index contributed by atoms with van der Waals surface area (Å²) < 4.78 is 9.44. The van der Waals surface area contributed by atoms with E-state index >= 15 is 0 Å². The van der Waals surface area contributed by atoms with E-state index in [1.54, 1.807) is 0 Å². The lowest BCUT2D eigenvalue weighted by molar-refractivity contribution is -0.142. The molecule has 1 atom stereocenters. The van der Waals surface area contributed by atoms with Gasteiger partial charge in [-0.2, -0.15) is 0 Å². The van der Waals surface area contributed by atoms with Gasteiger partial charge in [-0.3, -0.25) is 19.7 Å². The van der Waals surface area contributed by atoms with Crippen molar-refractivity contribution in [2.24, 2.45) is 13.0 Å². The van der Waals surface area contributed by atoms with E-state index in [0.717, 1.165) is 51.6 Å². The number of aryl methyl sites for hydroxylation is 2. The van der Waals surface area contributed by atoms with Gasteiger partial charge in [0.15, 0.2) is 0 Å². The van der Waals surface area contributed by atoms with Crippen LogP contribution in [0.5, 0.6) is 0 Å². The number of carbonyl (C=O) groups excluding carboxylic acids is 3. The topological polar surface area (TPSA) is 81.8 Å². The number of hydrogen-bond acceptors (Lipinski definition) is 4. The van der Waals surface area contributed by atoms with Crippen LogP contribution in [-0.2, 0) is 39.0 Å². The van der Waals surface area contributed by atoms with Gasteiger partial charge in [-0.25, -0.2) is 0 Å². The molecule has 7 heteroatoms. The summed E-state index contributed by atoms with van der Waals surface area (Å²) in [6, 6.07) is 13.8. The summed E-state index contributed by atoms with van der Waals surface area (Å²) >= 11 is 0. The number of pyridine rings is 1. The summed E-state index contributed by atoms with van der Waals surface area (Å²) in [7, 11) is 1.94. The first-order chi connectivity index (χ1) is 16.9. The van der Waals surface area contributed by atoms with Crippen LogP contribution in [0.4, 0.5) is 0 Å². The molecule has 0 fully saturated rings. The zero-order valence-corrected chi connectivity index (χ0v) is 19.6. The third-order valence-corrected chi connectivity index (χ3v) is 7.21. The van der Waals surface area contributed by atoms with Gasteiger partial charge in [0.2, 0.25) is 0 Å². The van der Waals surface area contributed by atoms with Crippen LogP contribution in [0.25, 0.3) is 27.6 Å². The first-order valence-electron chi connectivity index (χ1n) is 11.8. The van der Waals surface area contributed by atoms with Gasteiger partial charge in [-0.15, -0.1) is 0 Å². The van der Waals surface area contributed by atoms with Gasteiger partial charge in [0, 0.05) is 54.1 Å².